The molecule has 1 aliphatic heterocycles. The number of para-hydroxylation sites is 1. The van der Waals surface area contributed by atoms with Gasteiger partial charge in [0, 0.05) is 12.7 Å². The van der Waals surface area contributed by atoms with Crippen molar-refractivity contribution in [2.45, 2.75) is 45.1 Å². The number of aromatic nitrogens is 4. The van der Waals surface area contributed by atoms with Crippen LogP contribution in [0.25, 0.3) is 10.9 Å². The van der Waals surface area contributed by atoms with Gasteiger partial charge in [0.25, 0.3) is 5.56 Å². The molecule has 2 aromatic heterocycles. The van der Waals surface area contributed by atoms with E-state index in [4.69, 9.17) is 0 Å². The van der Waals surface area contributed by atoms with Gasteiger partial charge in [-0.3, -0.25) is 18.9 Å². The van der Waals surface area contributed by atoms with E-state index >= 15 is 0 Å². The highest BCUT2D eigenvalue weighted by atomic mass is 19.4. The van der Waals surface area contributed by atoms with E-state index in [0.717, 1.165) is 23.1 Å². The Bertz CT molecular complexity index is 1070. The van der Waals surface area contributed by atoms with Gasteiger partial charge in [-0.2, -0.15) is 18.3 Å². The second-order valence-electron chi connectivity index (χ2n) is 7.47. The maximum Gasteiger partial charge on any atom is 0.406 e. The number of hydrogen-bond donors (Lipinski definition) is 0. The molecule has 1 aliphatic rings. The van der Waals surface area contributed by atoms with E-state index < -0.39 is 18.3 Å². The van der Waals surface area contributed by atoms with Crippen molar-refractivity contribution in [3.63, 3.8) is 0 Å². The summed E-state index contributed by atoms with van der Waals surface area (Å²) in [6.07, 6.45) is 0.712. The Labute approximate surface area is 165 Å². The molecule has 3 heterocycles. The standard InChI is InChI=1S/C20H22F3N5O/c1-14-11-24-27(12-14)10-9-26-8-4-7-17(26)18-25-16-6-3-2-5-15(16)19(29)28(18)13-20(21,22)23/h2-3,5-6,11-12,17H,4,7-10,13H2,1H3. The first-order chi connectivity index (χ1) is 13.8. The Hall–Kier alpha value is -2.68. The lowest BCUT2D eigenvalue weighted by Gasteiger charge is -2.27. The van der Waals surface area contributed by atoms with E-state index in [2.05, 4.69) is 15.0 Å². The average Bonchev–Trinajstić information content (AvgIpc) is 3.30. The minimum absolute atomic E-state index is 0.195. The largest absolute Gasteiger partial charge is 0.406 e. The van der Waals surface area contributed by atoms with E-state index in [1.807, 2.05) is 17.8 Å². The van der Waals surface area contributed by atoms with Crippen LogP contribution >= 0.6 is 0 Å². The van der Waals surface area contributed by atoms with Crippen molar-refractivity contribution in [2.24, 2.45) is 0 Å². The quantitative estimate of drug-likeness (QED) is 0.654. The van der Waals surface area contributed by atoms with Crippen LogP contribution in [0, 0.1) is 6.92 Å². The van der Waals surface area contributed by atoms with Crippen LogP contribution in [0.2, 0.25) is 0 Å². The molecule has 0 bridgehead atoms. The van der Waals surface area contributed by atoms with E-state index in [9.17, 15) is 18.0 Å². The zero-order valence-electron chi connectivity index (χ0n) is 16.1. The summed E-state index contributed by atoms with van der Waals surface area (Å²) in [6, 6.07) is 6.24. The fourth-order valence-corrected chi connectivity index (χ4v) is 3.98. The number of aryl methyl sites for hydroxylation is 1. The summed E-state index contributed by atoms with van der Waals surface area (Å²) < 4.78 is 42.4. The molecule has 3 aromatic rings. The van der Waals surface area contributed by atoms with E-state index in [1.54, 1.807) is 24.4 Å². The number of hydrogen-bond acceptors (Lipinski definition) is 4. The summed E-state index contributed by atoms with van der Waals surface area (Å²) in [5, 5.41) is 4.47. The first kappa shape index (κ1) is 19.6. The van der Waals surface area contributed by atoms with Crippen molar-refractivity contribution in [2.75, 3.05) is 13.1 Å². The number of halogens is 3. The van der Waals surface area contributed by atoms with Crippen molar-refractivity contribution in [3.8, 4) is 0 Å². The van der Waals surface area contributed by atoms with Gasteiger partial charge in [0.15, 0.2) is 0 Å². The number of benzene rings is 1. The SMILES string of the molecule is Cc1cnn(CCN2CCCC2c2nc3ccccc3c(=O)n2CC(F)(F)F)c1. The third-order valence-electron chi connectivity index (χ3n) is 5.27. The van der Waals surface area contributed by atoms with Crippen LogP contribution in [0.5, 0.6) is 0 Å². The van der Waals surface area contributed by atoms with E-state index in [1.165, 1.54) is 6.07 Å². The van der Waals surface area contributed by atoms with Gasteiger partial charge in [-0.15, -0.1) is 0 Å². The monoisotopic (exact) mass is 405 g/mol. The van der Waals surface area contributed by atoms with Gasteiger partial charge < -0.3 is 0 Å². The molecule has 1 aromatic carbocycles. The van der Waals surface area contributed by atoms with Gasteiger partial charge in [0.05, 0.1) is 29.7 Å². The molecule has 1 unspecified atom stereocenters. The fraction of sp³-hybridized carbons (Fsp3) is 0.450. The normalized spacial score (nSPS) is 18.0. The summed E-state index contributed by atoms with van der Waals surface area (Å²) in [7, 11) is 0. The van der Waals surface area contributed by atoms with Crippen molar-refractivity contribution in [1.82, 2.24) is 24.2 Å². The Morgan fingerprint density at radius 1 is 1.21 bits per heavy atom. The van der Waals surface area contributed by atoms with Gasteiger partial charge in [0.1, 0.15) is 12.4 Å². The van der Waals surface area contributed by atoms with Crippen LogP contribution in [-0.2, 0) is 13.1 Å². The lowest BCUT2D eigenvalue weighted by Crippen LogP contribution is -2.36. The van der Waals surface area contributed by atoms with E-state index in [0.29, 0.717) is 25.0 Å². The number of nitrogens with zero attached hydrogens (tertiary/aromatic N) is 5. The zero-order chi connectivity index (χ0) is 20.6. The maximum absolute atomic E-state index is 13.2. The first-order valence-corrected chi connectivity index (χ1v) is 9.61. The molecule has 0 spiro atoms. The van der Waals surface area contributed by atoms with Gasteiger partial charge in [0.2, 0.25) is 0 Å². The van der Waals surface area contributed by atoms with Crippen LogP contribution in [0.4, 0.5) is 13.2 Å². The molecule has 9 heteroatoms. The summed E-state index contributed by atoms with van der Waals surface area (Å²) >= 11 is 0. The minimum atomic E-state index is -4.50. The summed E-state index contributed by atoms with van der Waals surface area (Å²) in [5.74, 6) is 0.195. The van der Waals surface area contributed by atoms with Gasteiger partial charge >= 0.3 is 6.18 Å². The lowest BCUT2D eigenvalue weighted by molar-refractivity contribution is -0.142. The Kier molecular flexibility index (Phi) is 5.16. The molecule has 4 rings (SSSR count). The molecular weight excluding hydrogens is 383 g/mol. The number of fused-ring (bicyclic) bond motifs is 1. The van der Waals surface area contributed by atoms with Gasteiger partial charge in [-0.05, 0) is 44.0 Å². The summed E-state index contributed by atoms with van der Waals surface area (Å²) in [5.41, 5.74) is 0.844. The molecule has 0 aliphatic carbocycles. The summed E-state index contributed by atoms with van der Waals surface area (Å²) in [4.78, 5) is 19.5. The fourth-order valence-electron chi connectivity index (χ4n) is 3.98. The Balaban J connectivity index is 1.70. The van der Waals surface area contributed by atoms with Gasteiger partial charge in [-0.1, -0.05) is 12.1 Å². The third kappa shape index (κ3) is 4.19. The highest BCUT2D eigenvalue weighted by Crippen LogP contribution is 2.32. The van der Waals surface area contributed by atoms with Crippen molar-refractivity contribution in [3.05, 3.63) is 58.4 Å². The molecular formula is C20H22F3N5O. The molecule has 1 atom stereocenters. The predicted molar refractivity (Wildman–Crippen MR) is 103 cm³/mol. The van der Waals surface area contributed by atoms with E-state index in [-0.39, 0.29) is 17.3 Å². The average molecular weight is 405 g/mol. The first-order valence-electron chi connectivity index (χ1n) is 9.61. The topological polar surface area (TPSA) is 56.0 Å². The molecule has 0 radical (unpaired) electrons. The molecule has 1 saturated heterocycles. The third-order valence-corrected chi connectivity index (χ3v) is 5.27. The smallest absolute Gasteiger partial charge is 0.292 e. The molecule has 1 fully saturated rings. The molecule has 29 heavy (non-hydrogen) atoms. The number of likely N-dealkylation sites (tertiary alicyclic amines) is 1. The zero-order valence-corrected chi connectivity index (χ0v) is 16.1. The number of alkyl halides is 3. The van der Waals surface area contributed by atoms with Crippen molar-refractivity contribution < 1.29 is 13.2 Å². The number of rotatable bonds is 5. The molecule has 6 nitrogen and oxygen atoms in total. The van der Waals surface area contributed by atoms with Crippen molar-refractivity contribution >= 4 is 10.9 Å². The Morgan fingerprint density at radius 3 is 2.72 bits per heavy atom. The maximum atomic E-state index is 13.2. The van der Waals surface area contributed by atoms with Crippen LogP contribution in [-0.4, -0.2) is 43.5 Å². The molecule has 0 amide bonds. The molecule has 0 N–H and O–H groups in total. The molecule has 154 valence electrons. The minimum Gasteiger partial charge on any atom is -0.292 e. The second kappa shape index (κ2) is 7.62. The van der Waals surface area contributed by atoms with Crippen LogP contribution in [0.1, 0.15) is 30.3 Å². The second-order valence-corrected chi connectivity index (χ2v) is 7.47. The predicted octanol–water partition coefficient (Wildman–Crippen LogP) is 3.30. The lowest BCUT2D eigenvalue weighted by atomic mass is 10.1. The van der Waals surface area contributed by atoms with Crippen LogP contribution in [0.3, 0.4) is 0 Å². The highest BCUT2D eigenvalue weighted by molar-refractivity contribution is 5.77. The van der Waals surface area contributed by atoms with Crippen LogP contribution in [0.15, 0.2) is 41.5 Å². The molecule has 0 saturated carbocycles. The van der Waals surface area contributed by atoms with Gasteiger partial charge in [-0.25, -0.2) is 4.98 Å². The van der Waals surface area contributed by atoms with Crippen molar-refractivity contribution in [1.29, 1.82) is 0 Å². The van der Waals surface area contributed by atoms with Crippen LogP contribution < -0.4 is 5.56 Å². The highest BCUT2D eigenvalue weighted by Gasteiger charge is 2.35. The Morgan fingerprint density at radius 2 is 2.00 bits per heavy atom. The summed E-state index contributed by atoms with van der Waals surface area (Å²) in [6.45, 7) is 2.63.